The molecule has 0 aliphatic rings. The van der Waals surface area contributed by atoms with Crippen LogP contribution in [0.15, 0.2) is 109 Å². The SMILES string of the molecule is CC/C=C\C/C=C\C/C=C\C/C=C\C/C=C\C/C=C\CCCCCCCCCCC(=O)NC(COP(=O)(O)OCC[N+](C)(C)C)C(O)/C=C/CC/C=C/CC/C=C/CCCCCCCCCCCCCCCCCCCCCCCC. The maximum Gasteiger partial charge on any atom is 0.472 e. The molecule has 0 aliphatic carbocycles. The number of quaternary nitrogens is 1. The number of carbonyl (C=O) groups excluding carboxylic acids is 1. The zero-order valence-electron chi connectivity index (χ0n) is 53.5. The predicted octanol–water partition coefficient (Wildman–Crippen LogP) is 21.5. The molecule has 0 heterocycles. The highest BCUT2D eigenvalue weighted by molar-refractivity contribution is 7.47. The van der Waals surface area contributed by atoms with E-state index in [2.05, 4.69) is 116 Å². The van der Waals surface area contributed by atoms with Crippen LogP contribution in [0.5, 0.6) is 0 Å². The number of rotatable bonds is 61. The van der Waals surface area contributed by atoms with Crippen LogP contribution in [0.4, 0.5) is 0 Å². The number of phosphoric acid groups is 1. The van der Waals surface area contributed by atoms with Gasteiger partial charge in [0.25, 0.3) is 0 Å². The lowest BCUT2D eigenvalue weighted by molar-refractivity contribution is -0.870. The molecule has 468 valence electrons. The van der Waals surface area contributed by atoms with Gasteiger partial charge in [-0.25, -0.2) is 4.57 Å². The predicted molar refractivity (Wildman–Crippen MR) is 355 cm³/mol. The summed E-state index contributed by atoms with van der Waals surface area (Å²) in [5.74, 6) is -0.202. The molecule has 0 rings (SSSR count). The Kier molecular flexibility index (Phi) is 59.5. The van der Waals surface area contributed by atoms with Gasteiger partial charge in [0.05, 0.1) is 39.9 Å². The third kappa shape index (κ3) is 64.6. The average Bonchev–Trinajstić information content (AvgIpc) is 3.43. The Morgan fingerprint density at radius 1 is 0.432 bits per heavy atom. The summed E-state index contributed by atoms with van der Waals surface area (Å²) in [6.07, 6.45) is 90.9. The van der Waals surface area contributed by atoms with Crippen LogP contribution in [0.25, 0.3) is 0 Å². The van der Waals surface area contributed by atoms with Crippen molar-refractivity contribution >= 4 is 13.7 Å². The summed E-state index contributed by atoms with van der Waals surface area (Å²) < 4.78 is 23.8. The normalized spacial score (nSPS) is 14.4. The quantitative estimate of drug-likeness (QED) is 0.0243. The van der Waals surface area contributed by atoms with Crippen LogP contribution in [0.3, 0.4) is 0 Å². The van der Waals surface area contributed by atoms with Gasteiger partial charge in [0.1, 0.15) is 13.2 Å². The van der Waals surface area contributed by atoms with Gasteiger partial charge < -0.3 is 19.8 Å². The number of aliphatic hydroxyl groups excluding tert-OH is 1. The molecule has 0 aromatic carbocycles. The molecule has 0 saturated carbocycles. The molecule has 8 nitrogen and oxygen atoms in total. The Bertz CT molecular complexity index is 1690. The number of phosphoric ester groups is 1. The van der Waals surface area contributed by atoms with Gasteiger partial charge in [-0.3, -0.25) is 13.8 Å². The number of carbonyl (C=O) groups is 1. The maximum atomic E-state index is 13.0. The first-order valence-electron chi connectivity index (χ1n) is 33.8. The fourth-order valence-corrected chi connectivity index (χ4v) is 10.2. The van der Waals surface area contributed by atoms with E-state index in [1.807, 2.05) is 27.2 Å². The van der Waals surface area contributed by atoms with Gasteiger partial charge >= 0.3 is 7.82 Å². The first-order chi connectivity index (χ1) is 39.5. The second-order valence-corrected chi connectivity index (χ2v) is 25.3. The van der Waals surface area contributed by atoms with E-state index in [1.165, 1.54) is 173 Å². The standard InChI is InChI=1S/C72H129N2O6P/c1-6-8-10-12-14-16-18-20-22-24-26-28-30-32-34-35-36-37-38-40-41-43-45-47-49-51-53-55-57-59-61-63-65-71(75)70(69-80-81(77,78)79-68-67-74(3,4)5)73-72(76)66-64-62-60-58-56-54-52-50-48-46-44-42-39-33-31-29-27-25-23-21-19-17-15-13-11-9-7-2/h9,11,15,17,21,23,27,29,33,39,44,46-47,49,55,57,63,65,70-71,75H,6-8,10,12-14,16,18-20,22,24-26,28,30-32,34-38,40-43,45,48,50-54,56,58-62,64,66-69H2,1-5H3,(H-,73,76,77,78)/p+1/b11-9-,17-15-,23-21-,29-27-,39-33-,46-44-,49-47+,57-55+,65-63+. The van der Waals surface area contributed by atoms with Crippen LogP contribution >= 0.6 is 7.82 Å². The smallest absolute Gasteiger partial charge is 0.387 e. The van der Waals surface area contributed by atoms with E-state index >= 15 is 0 Å². The molecule has 0 bridgehead atoms. The molecule has 3 atom stereocenters. The van der Waals surface area contributed by atoms with E-state index in [9.17, 15) is 19.4 Å². The number of unbranched alkanes of at least 4 members (excludes halogenated alkanes) is 32. The summed E-state index contributed by atoms with van der Waals surface area (Å²) >= 11 is 0. The Morgan fingerprint density at radius 3 is 1.14 bits per heavy atom. The number of allylic oxidation sites excluding steroid dienone is 17. The van der Waals surface area contributed by atoms with Gasteiger partial charge in [0.2, 0.25) is 5.91 Å². The topological polar surface area (TPSA) is 105 Å². The summed E-state index contributed by atoms with van der Waals surface area (Å²) in [5.41, 5.74) is 0. The lowest BCUT2D eigenvalue weighted by atomic mass is 10.0. The molecule has 3 N–H and O–H groups in total. The highest BCUT2D eigenvalue weighted by atomic mass is 31.2. The van der Waals surface area contributed by atoms with Crippen LogP contribution in [0.1, 0.15) is 290 Å². The van der Waals surface area contributed by atoms with Crippen molar-refractivity contribution in [3.63, 3.8) is 0 Å². The number of hydrogen-bond donors (Lipinski definition) is 3. The summed E-state index contributed by atoms with van der Waals surface area (Å²) in [5, 5.41) is 14.0. The minimum Gasteiger partial charge on any atom is -0.387 e. The molecule has 9 heteroatoms. The van der Waals surface area contributed by atoms with Crippen LogP contribution in [-0.4, -0.2) is 73.4 Å². The van der Waals surface area contributed by atoms with Crippen LogP contribution in [0, 0.1) is 0 Å². The van der Waals surface area contributed by atoms with E-state index in [0.29, 0.717) is 17.4 Å². The molecule has 0 aliphatic heterocycles. The maximum absolute atomic E-state index is 13.0. The minimum absolute atomic E-state index is 0.0462. The number of nitrogens with zero attached hydrogens (tertiary/aromatic N) is 1. The van der Waals surface area contributed by atoms with Crippen molar-refractivity contribution in [2.24, 2.45) is 0 Å². The second-order valence-electron chi connectivity index (χ2n) is 23.8. The van der Waals surface area contributed by atoms with Crippen LogP contribution < -0.4 is 5.32 Å². The van der Waals surface area contributed by atoms with E-state index in [-0.39, 0.29) is 19.1 Å². The Hall–Kier alpha value is -2.84. The highest BCUT2D eigenvalue weighted by Gasteiger charge is 2.27. The van der Waals surface area contributed by atoms with Crippen molar-refractivity contribution in [3.05, 3.63) is 109 Å². The number of nitrogens with one attached hydrogen (secondary N) is 1. The monoisotopic (exact) mass is 1150 g/mol. The summed E-state index contributed by atoms with van der Waals surface area (Å²) in [6, 6.07) is -0.884. The Labute approximate surface area is 501 Å². The third-order valence-electron chi connectivity index (χ3n) is 14.7. The van der Waals surface area contributed by atoms with Crippen molar-refractivity contribution in [2.75, 3.05) is 40.9 Å². The first-order valence-corrected chi connectivity index (χ1v) is 35.3. The van der Waals surface area contributed by atoms with Crippen molar-refractivity contribution in [1.29, 1.82) is 0 Å². The molecule has 3 unspecified atom stereocenters. The first kappa shape index (κ1) is 78.2. The van der Waals surface area contributed by atoms with Gasteiger partial charge in [0.15, 0.2) is 0 Å². The zero-order valence-corrected chi connectivity index (χ0v) is 54.4. The van der Waals surface area contributed by atoms with E-state index in [1.54, 1.807) is 6.08 Å². The molecule has 81 heavy (non-hydrogen) atoms. The van der Waals surface area contributed by atoms with Crippen molar-refractivity contribution < 1.29 is 32.9 Å². The molecule has 0 aromatic rings. The van der Waals surface area contributed by atoms with Gasteiger partial charge in [-0.15, -0.1) is 0 Å². The van der Waals surface area contributed by atoms with Gasteiger partial charge in [-0.1, -0.05) is 297 Å². The Balaban J connectivity index is 4.21. The highest BCUT2D eigenvalue weighted by Crippen LogP contribution is 2.43. The Morgan fingerprint density at radius 2 is 0.753 bits per heavy atom. The number of likely N-dealkylation sites (N-methyl/N-ethyl adjacent to an activating group) is 1. The second kappa shape index (κ2) is 61.7. The lowest BCUT2D eigenvalue weighted by Gasteiger charge is -2.25. The summed E-state index contributed by atoms with van der Waals surface area (Å²) in [7, 11) is 1.53. The largest absolute Gasteiger partial charge is 0.472 e. The van der Waals surface area contributed by atoms with Crippen molar-refractivity contribution in [1.82, 2.24) is 5.32 Å². The lowest BCUT2D eigenvalue weighted by Crippen LogP contribution is -2.45. The van der Waals surface area contributed by atoms with Gasteiger partial charge in [-0.2, -0.15) is 0 Å². The number of aliphatic hydroxyl groups is 1. The van der Waals surface area contributed by atoms with E-state index < -0.39 is 20.0 Å². The van der Waals surface area contributed by atoms with E-state index in [0.717, 1.165) is 96.3 Å². The summed E-state index contributed by atoms with van der Waals surface area (Å²) in [6.45, 7) is 4.68. The van der Waals surface area contributed by atoms with Crippen LogP contribution in [0.2, 0.25) is 0 Å². The third-order valence-corrected chi connectivity index (χ3v) is 15.7. The van der Waals surface area contributed by atoms with Crippen molar-refractivity contribution in [2.45, 2.75) is 302 Å². The molecule has 0 saturated heterocycles. The van der Waals surface area contributed by atoms with Crippen molar-refractivity contribution in [3.8, 4) is 0 Å². The van der Waals surface area contributed by atoms with Crippen LogP contribution in [-0.2, 0) is 18.4 Å². The molecule has 0 fully saturated rings. The molecular weight excluding hydrogens is 1020 g/mol. The molecule has 0 spiro atoms. The fraction of sp³-hybridized carbons (Fsp3) is 0.736. The molecule has 0 aromatic heterocycles. The minimum atomic E-state index is -4.38. The number of amides is 1. The zero-order chi connectivity index (χ0) is 59.1. The average molecular weight is 1150 g/mol. The molecular formula is C72H130N2O6P+. The number of hydrogen-bond acceptors (Lipinski definition) is 5. The molecule has 0 radical (unpaired) electrons. The van der Waals surface area contributed by atoms with Gasteiger partial charge in [0, 0.05) is 6.42 Å². The van der Waals surface area contributed by atoms with Gasteiger partial charge in [-0.05, 0) is 96.3 Å². The fourth-order valence-electron chi connectivity index (χ4n) is 9.49. The van der Waals surface area contributed by atoms with E-state index in [4.69, 9.17) is 9.05 Å². The summed E-state index contributed by atoms with van der Waals surface area (Å²) in [4.78, 5) is 23.4. The molecule has 1 amide bonds.